The van der Waals surface area contributed by atoms with Crippen molar-refractivity contribution in [3.05, 3.63) is 41.4 Å². The summed E-state index contributed by atoms with van der Waals surface area (Å²) < 4.78 is 0. The number of nitrogens with one attached hydrogen (secondary N) is 1. The van der Waals surface area contributed by atoms with Crippen LogP contribution in [0.5, 0.6) is 0 Å². The Kier molecular flexibility index (Phi) is 6.76. The zero-order valence-electron chi connectivity index (χ0n) is 14.0. The summed E-state index contributed by atoms with van der Waals surface area (Å²) in [5.41, 5.74) is 2.32. The lowest BCUT2D eigenvalue weighted by molar-refractivity contribution is 0.522. The van der Waals surface area contributed by atoms with E-state index >= 15 is 0 Å². The van der Waals surface area contributed by atoms with Crippen LogP contribution in [0.3, 0.4) is 0 Å². The van der Waals surface area contributed by atoms with Gasteiger partial charge in [-0.05, 0) is 58.4 Å². The van der Waals surface area contributed by atoms with E-state index in [4.69, 9.17) is 11.6 Å². The van der Waals surface area contributed by atoms with Crippen LogP contribution in [0.15, 0.2) is 30.9 Å². The van der Waals surface area contributed by atoms with Crippen molar-refractivity contribution in [3.63, 3.8) is 0 Å². The summed E-state index contributed by atoms with van der Waals surface area (Å²) in [6.45, 7) is 16.6. The fourth-order valence-corrected chi connectivity index (χ4v) is 2.74. The van der Waals surface area contributed by atoms with E-state index in [0.29, 0.717) is 0 Å². The second kappa shape index (κ2) is 7.86. The van der Waals surface area contributed by atoms with E-state index < -0.39 is 0 Å². The molecule has 0 aromatic heterocycles. The van der Waals surface area contributed by atoms with Crippen LogP contribution in [0, 0.1) is 0 Å². The Hall–Kier alpha value is -0.990. The molecule has 118 valence electrons. The second-order valence-electron chi connectivity index (χ2n) is 6.45. The van der Waals surface area contributed by atoms with Crippen LogP contribution >= 0.6 is 11.6 Å². The van der Waals surface area contributed by atoms with Gasteiger partial charge < -0.3 is 10.2 Å². The van der Waals surface area contributed by atoms with Gasteiger partial charge >= 0.3 is 0 Å². The Labute approximate surface area is 135 Å². The first-order valence-electron chi connectivity index (χ1n) is 7.72. The van der Waals surface area contributed by atoms with Crippen LogP contribution in [0.4, 0.5) is 5.69 Å². The maximum Gasteiger partial charge on any atom is 0.0474 e. The van der Waals surface area contributed by atoms with E-state index in [1.807, 2.05) is 6.08 Å². The van der Waals surface area contributed by atoms with Crippen LogP contribution in [-0.2, 0) is 0 Å². The van der Waals surface area contributed by atoms with Crippen molar-refractivity contribution in [3.8, 4) is 0 Å². The molecule has 0 spiro atoms. The highest BCUT2D eigenvalue weighted by Crippen LogP contribution is 2.31. The number of halogens is 1. The van der Waals surface area contributed by atoms with E-state index in [2.05, 4.69) is 69.6 Å². The van der Waals surface area contributed by atoms with Crippen molar-refractivity contribution in [2.24, 2.45) is 0 Å². The van der Waals surface area contributed by atoms with E-state index in [-0.39, 0.29) is 11.6 Å². The van der Waals surface area contributed by atoms with Gasteiger partial charge in [0.1, 0.15) is 0 Å². The molecular weight excluding hydrogens is 280 g/mol. The number of benzene rings is 1. The third kappa shape index (κ3) is 5.05. The quantitative estimate of drug-likeness (QED) is 0.697. The molecule has 0 radical (unpaired) electrons. The smallest absolute Gasteiger partial charge is 0.0474 e. The van der Waals surface area contributed by atoms with Crippen molar-refractivity contribution in [1.82, 2.24) is 5.32 Å². The highest BCUT2D eigenvalue weighted by Gasteiger charge is 2.21. The lowest BCUT2D eigenvalue weighted by Crippen LogP contribution is -2.41. The van der Waals surface area contributed by atoms with Gasteiger partial charge in [0.05, 0.1) is 0 Å². The average Bonchev–Trinajstić information content (AvgIpc) is 2.40. The van der Waals surface area contributed by atoms with Crippen molar-refractivity contribution in [2.45, 2.75) is 52.6 Å². The number of hydrogen-bond acceptors (Lipinski definition) is 2. The van der Waals surface area contributed by atoms with E-state index in [0.717, 1.165) is 35.8 Å². The monoisotopic (exact) mass is 308 g/mol. The van der Waals surface area contributed by atoms with Gasteiger partial charge in [-0.3, -0.25) is 0 Å². The lowest BCUT2D eigenvalue weighted by atomic mass is 10.0. The van der Waals surface area contributed by atoms with Gasteiger partial charge in [-0.25, -0.2) is 0 Å². The average molecular weight is 309 g/mol. The highest BCUT2D eigenvalue weighted by atomic mass is 35.5. The Bertz CT molecular complexity index is 463. The molecule has 1 rings (SSSR count). The maximum absolute atomic E-state index is 6.51. The molecule has 0 fully saturated rings. The van der Waals surface area contributed by atoms with Gasteiger partial charge in [0, 0.05) is 28.8 Å². The van der Waals surface area contributed by atoms with Gasteiger partial charge in [-0.1, -0.05) is 30.7 Å². The molecule has 21 heavy (non-hydrogen) atoms. The molecule has 0 saturated carbocycles. The van der Waals surface area contributed by atoms with Gasteiger partial charge in [0.15, 0.2) is 0 Å². The minimum Gasteiger partial charge on any atom is -0.363 e. The fourth-order valence-electron chi connectivity index (χ4n) is 2.40. The van der Waals surface area contributed by atoms with Crippen LogP contribution in [-0.4, -0.2) is 18.6 Å². The predicted molar refractivity (Wildman–Crippen MR) is 95.5 cm³/mol. The predicted octanol–water partition coefficient (Wildman–Crippen LogP) is 5.19. The van der Waals surface area contributed by atoms with Crippen molar-refractivity contribution >= 4 is 17.3 Å². The first-order valence-corrected chi connectivity index (χ1v) is 8.10. The van der Waals surface area contributed by atoms with Gasteiger partial charge in [-0.2, -0.15) is 0 Å². The van der Waals surface area contributed by atoms with Crippen LogP contribution in [0.1, 0.15) is 52.6 Å². The Balaban J connectivity index is 3.02. The standard InChI is InChI=1S/C18H29ClN2/c1-7-11-20-14(3)16-10-9-15(13-17(16)19)21(12-8-2)18(4,5)6/h8-10,13-14,20H,2,7,11-12H2,1,3-6H3. The summed E-state index contributed by atoms with van der Waals surface area (Å²) in [4.78, 5) is 2.31. The number of nitrogens with zero attached hydrogens (tertiary/aromatic N) is 1. The molecule has 1 aromatic rings. The highest BCUT2D eigenvalue weighted by molar-refractivity contribution is 6.31. The summed E-state index contributed by atoms with van der Waals surface area (Å²) in [6.07, 6.45) is 3.05. The molecule has 1 atom stereocenters. The lowest BCUT2D eigenvalue weighted by Gasteiger charge is -2.37. The van der Waals surface area contributed by atoms with Crippen LogP contribution < -0.4 is 10.2 Å². The maximum atomic E-state index is 6.51. The first-order chi connectivity index (χ1) is 9.81. The molecule has 1 N–H and O–H groups in total. The van der Waals surface area contributed by atoms with Crippen molar-refractivity contribution < 1.29 is 0 Å². The molecule has 0 bridgehead atoms. The van der Waals surface area contributed by atoms with Crippen molar-refractivity contribution in [1.29, 1.82) is 0 Å². The SMILES string of the molecule is C=CCN(c1ccc(C(C)NCCC)c(Cl)c1)C(C)(C)C. The molecule has 1 aromatic carbocycles. The molecular formula is C18H29ClN2. The van der Waals surface area contributed by atoms with Gasteiger partial charge in [0.25, 0.3) is 0 Å². The topological polar surface area (TPSA) is 15.3 Å². The second-order valence-corrected chi connectivity index (χ2v) is 6.86. The summed E-state index contributed by atoms with van der Waals surface area (Å²) in [5, 5.41) is 4.30. The number of hydrogen-bond donors (Lipinski definition) is 1. The number of anilines is 1. The molecule has 1 unspecified atom stereocenters. The molecule has 0 aliphatic rings. The molecule has 0 saturated heterocycles. The molecule has 0 heterocycles. The summed E-state index contributed by atoms with van der Waals surface area (Å²) >= 11 is 6.51. The summed E-state index contributed by atoms with van der Waals surface area (Å²) in [7, 11) is 0. The molecule has 2 nitrogen and oxygen atoms in total. The fraction of sp³-hybridized carbons (Fsp3) is 0.556. The third-order valence-corrected chi connectivity index (χ3v) is 3.91. The first kappa shape index (κ1) is 18.1. The molecule has 0 aliphatic heterocycles. The zero-order valence-corrected chi connectivity index (χ0v) is 14.8. The van der Waals surface area contributed by atoms with Gasteiger partial charge in [-0.15, -0.1) is 6.58 Å². The summed E-state index contributed by atoms with van der Waals surface area (Å²) in [6, 6.07) is 6.62. The van der Waals surface area contributed by atoms with Crippen molar-refractivity contribution in [2.75, 3.05) is 18.0 Å². The largest absolute Gasteiger partial charge is 0.363 e. The normalized spacial score (nSPS) is 13.0. The number of rotatable bonds is 7. The Morgan fingerprint density at radius 2 is 2.05 bits per heavy atom. The minimum absolute atomic E-state index is 0.0328. The van der Waals surface area contributed by atoms with E-state index in [1.54, 1.807) is 0 Å². The third-order valence-electron chi connectivity index (χ3n) is 3.58. The summed E-state index contributed by atoms with van der Waals surface area (Å²) in [5.74, 6) is 0. The van der Waals surface area contributed by atoms with Gasteiger partial charge in [0.2, 0.25) is 0 Å². The molecule has 0 amide bonds. The van der Waals surface area contributed by atoms with E-state index in [1.165, 1.54) is 0 Å². The van der Waals surface area contributed by atoms with E-state index in [9.17, 15) is 0 Å². The van der Waals surface area contributed by atoms with Crippen LogP contribution in [0.2, 0.25) is 5.02 Å². The van der Waals surface area contributed by atoms with Crippen LogP contribution in [0.25, 0.3) is 0 Å². The minimum atomic E-state index is 0.0328. The Morgan fingerprint density at radius 3 is 2.52 bits per heavy atom. The Morgan fingerprint density at radius 1 is 1.38 bits per heavy atom. The zero-order chi connectivity index (χ0) is 16.0. The molecule has 0 aliphatic carbocycles. The molecule has 3 heteroatoms.